The second-order valence-electron chi connectivity index (χ2n) is 3.29. The molecule has 0 bridgehead atoms. The van der Waals surface area contributed by atoms with Gasteiger partial charge >= 0.3 is 0 Å². The van der Waals surface area contributed by atoms with Crippen molar-refractivity contribution in [3.8, 4) is 0 Å². The lowest BCUT2D eigenvalue weighted by molar-refractivity contribution is 0.138. The number of hydrogen-bond donors (Lipinski definition) is 1. The molecule has 1 nitrogen and oxygen atoms in total. The lowest BCUT2D eigenvalue weighted by Gasteiger charge is -2.22. The minimum absolute atomic E-state index is 0.236. The van der Waals surface area contributed by atoms with Gasteiger partial charge in [0, 0.05) is 5.92 Å². The zero-order valence-corrected chi connectivity index (χ0v) is 7.07. The summed E-state index contributed by atoms with van der Waals surface area (Å²) in [6, 6.07) is 7.97. The zero-order chi connectivity index (χ0) is 8.55. The molecular formula is C11H12O. The van der Waals surface area contributed by atoms with Crippen LogP contribution in [0.1, 0.15) is 24.2 Å². The average Bonchev–Trinajstić information content (AvgIpc) is 2.12. The third-order valence-corrected chi connectivity index (χ3v) is 2.39. The Morgan fingerprint density at radius 3 is 2.83 bits per heavy atom. The summed E-state index contributed by atoms with van der Waals surface area (Å²) in [5.74, 6) is 0.236. The monoisotopic (exact) mass is 160 g/mol. The van der Waals surface area contributed by atoms with E-state index >= 15 is 0 Å². The largest absolute Gasteiger partial charge is 0.388 e. The summed E-state index contributed by atoms with van der Waals surface area (Å²) in [6.07, 6.45) is 3.80. The molecule has 12 heavy (non-hydrogen) atoms. The van der Waals surface area contributed by atoms with Gasteiger partial charge in [-0.2, -0.15) is 0 Å². The number of aliphatic hydroxyl groups excluding tert-OH is 1. The molecule has 0 radical (unpaired) electrons. The lowest BCUT2D eigenvalue weighted by Crippen LogP contribution is -2.11. The van der Waals surface area contributed by atoms with Gasteiger partial charge in [-0.25, -0.2) is 0 Å². The summed E-state index contributed by atoms with van der Waals surface area (Å²) in [5.41, 5.74) is 2.19. The van der Waals surface area contributed by atoms with Gasteiger partial charge in [0.25, 0.3) is 0 Å². The Kier molecular flexibility index (Phi) is 1.74. The number of fused-ring (bicyclic) bond motifs is 1. The van der Waals surface area contributed by atoms with Gasteiger partial charge < -0.3 is 5.11 Å². The standard InChI is InChI=1S/C11H12O/c1-8-6-7-9-4-2-3-5-10(9)11(8)12/h2-8,11-12H,1H3/t8-,11+/m1/s1. The predicted molar refractivity (Wildman–Crippen MR) is 49.6 cm³/mol. The molecular weight excluding hydrogens is 148 g/mol. The van der Waals surface area contributed by atoms with Crippen molar-refractivity contribution < 1.29 is 5.11 Å². The van der Waals surface area contributed by atoms with Crippen molar-refractivity contribution >= 4 is 6.08 Å². The second kappa shape index (κ2) is 2.76. The fourth-order valence-corrected chi connectivity index (χ4v) is 1.58. The van der Waals surface area contributed by atoms with E-state index in [0.717, 1.165) is 11.1 Å². The molecule has 0 saturated heterocycles. The molecule has 0 aromatic heterocycles. The smallest absolute Gasteiger partial charge is 0.0855 e. The highest BCUT2D eigenvalue weighted by Gasteiger charge is 2.19. The molecule has 0 saturated carbocycles. The minimum Gasteiger partial charge on any atom is -0.388 e. The minimum atomic E-state index is -0.328. The maximum absolute atomic E-state index is 9.78. The summed E-state index contributed by atoms with van der Waals surface area (Å²) < 4.78 is 0. The number of benzene rings is 1. The summed E-state index contributed by atoms with van der Waals surface area (Å²) in [5, 5.41) is 9.78. The van der Waals surface area contributed by atoms with Gasteiger partial charge in [-0.3, -0.25) is 0 Å². The molecule has 0 unspecified atom stereocenters. The van der Waals surface area contributed by atoms with Crippen LogP contribution in [0, 0.1) is 5.92 Å². The van der Waals surface area contributed by atoms with Crippen molar-refractivity contribution in [1.82, 2.24) is 0 Å². The molecule has 0 spiro atoms. The van der Waals surface area contributed by atoms with Crippen LogP contribution in [0.25, 0.3) is 6.08 Å². The Morgan fingerprint density at radius 2 is 2.00 bits per heavy atom. The molecule has 0 amide bonds. The van der Waals surface area contributed by atoms with Gasteiger partial charge in [0.1, 0.15) is 0 Å². The van der Waals surface area contributed by atoms with Crippen molar-refractivity contribution in [1.29, 1.82) is 0 Å². The average molecular weight is 160 g/mol. The summed E-state index contributed by atoms with van der Waals surface area (Å²) in [7, 11) is 0. The van der Waals surface area contributed by atoms with Crippen molar-refractivity contribution in [2.45, 2.75) is 13.0 Å². The molecule has 2 atom stereocenters. The van der Waals surface area contributed by atoms with Crippen molar-refractivity contribution in [2.75, 3.05) is 0 Å². The van der Waals surface area contributed by atoms with E-state index in [1.165, 1.54) is 0 Å². The van der Waals surface area contributed by atoms with Crippen LogP contribution in [0.5, 0.6) is 0 Å². The van der Waals surface area contributed by atoms with E-state index in [1.54, 1.807) is 0 Å². The highest BCUT2D eigenvalue weighted by Crippen LogP contribution is 2.31. The third-order valence-electron chi connectivity index (χ3n) is 2.39. The van der Waals surface area contributed by atoms with Crippen LogP contribution in [0.2, 0.25) is 0 Å². The molecule has 0 aliphatic heterocycles. The van der Waals surface area contributed by atoms with Crippen LogP contribution in [-0.2, 0) is 0 Å². The molecule has 2 rings (SSSR count). The summed E-state index contributed by atoms with van der Waals surface area (Å²) in [6.45, 7) is 2.02. The van der Waals surface area contributed by atoms with E-state index in [1.807, 2.05) is 37.3 Å². The molecule has 1 aromatic carbocycles. The van der Waals surface area contributed by atoms with Gasteiger partial charge in [-0.05, 0) is 11.1 Å². The number of hydrogen-bond acceptors (Lipinski definition) is 1. The van der Waals surface area contributed by atoms with Crippen LogP contribution in [-0.4, -0.2) is 5.11 Å². The molecule has 1 aliphatic rings. The van der Waals surface area contributed by atoms with Crippen LogP contribution in [0.4, 0.5) is 0 Å². The first-order chi connectivity index (χ1) is 5.79. The van der Waals surface area contributed by atoms with E-state index in [4.69, 9.17) is 0 Å². The molecule has 0 heterocycles. The van der Waals surface area contributed by atoms with Crippen molar-refractivity contribution in [3.63, 3.8) is 0 Å². The Bertz CT molecular complexity index is 315. The first-order valence-corrected chi connectivity index (χ1v) is 4.24. The van der Waals surface area contributed by atoms with Gasteiger partial charge in [-0.15, -0.1) is 0 Å². The lowest BCUT2D eigenvalue weighted by atomic mass is 9.88. The highest BCUT2D eigenvalue weighted by molar-refractivity contribution is 5.57. The van der Waals surface area contributed by atoms with E-state index in [-0.39, 0.29) is 12.0 Å². The zero-order valence-electron chi connectivity index (χ0n) is 7.07. The summed E-state index contributed by atoms with van der Waals surface area (Å²) in [4.78, 5) is 0. The second-order valence-corrected chi connectivity index (χ2v) is 3.29. The molecule has 1 N–H and O–H groups in total. The SMILES string of the molecule is C[C@@H]1C=Cc2ccccc2[C@H]1O. The van der Waals surface area contributed by atoms with Gasteiger partial charge in [0.2, 0.25) is 0 Å². The van der Waals surface area contributed by atoms with Gasteiger partial charge in [0.15, 0.2) is 0 Å². The van der Waals surface area contributed by atoms with Crippen molar-refractivity contribution in [2.24, 2.45) is 5.92 Å². The Labute approximate surface area is 72.4 Å². The number of aliphatic hydroxyl groups is 1. The van der Waals surface area contributed by atoms with E-state index in [2.05, 4.69) is 6.08 Å². The predicted octanol–water partition coefficient (Wildman–Crippen LogP) is 2.38. The maximum atomic E-state index is 9.78. The quantitative estimate of drug-likeness (QED) is 0.617. The molecule has 1 heteroatoms. The fourth-order valence-electron chi connectivity index (χ4n) is 1.58. The van der Waals surface area contributed by atoms with E-state index < -0.39 is 0 Å². The third kappa shape index (κ3) is 1.07. The first kappa shape index (κ1) is 7.56. The van der Waals surface area contributed by atoms with E-state index in [9.17, 15) is 5.11 Å². The fraction of sp³-hybridized carbons (Fsp3) is 0.273. The topological polar surface area (TPSA) is 20.2 Å². The maximum Gasteiger partial charge on any atom is 0.0855 e. The summed E-state index contributed by atoms with van der Waals surface area (Å²) >= 11 is 0. The molecule has 1 aliphatic carbocycles. The normalized spacial score (nSPS) is 26.8. The van der Waals surface area contributed by atoms with Crippen LogP contribution >= 0.6 is 0 Å². The Balaban J connectivity index is 2.52. The Morgan fingerprint density at radius 1 is 1.25 bits per heavy atom. The molecule has 62 valence electrons. The first-order valence-electron chi connectivity index (χ1n) is 4.24. The highest BCUT2D eigenvalue weighted by atomic mass is 16.3. The van der Waals surface area contributed by atoms with Crippen LogP contribution in [0.15, 0.2) is 30.3 Å². The molecule has 0 fully saturated rings. The van der Waals surface area contributed by atoms with Gasteiger partial charge in [0.05, 0.1) is 6.10 Å². The Hall–Kier alpha value is -1.08. The molecule has 1 aromatic rings. The van der Waals surface area contributed by atoms with Crippen molar-refractivity contribution in [3.05, 3.63) is 41.5 Å². The number of rotatable bonds is 0. The van der Waals surface area contributed by atoms with E-state index in [0.29, 0.717) is 0 Å². The van der Waals surface area contributed by atoms with Crippen LogP contribution < -0.4 is 0 Å². The van der Waals surface area contributed by atoms with Crippen LogP contribution in [0.3, 0.4) is 0 Å². The van der Waals surface area contributed by atoms with Gasteiger partial charge in [-0.1, -0.05) is 43.3 Å².